The van der Waals surface area contributed by atoms with Crippen molar-refractivity contribution in [3.63, 3.8) is 0 Å². The summed E-state index contributed by atoms with van der Waals surface area (Å²) in [4.78, 5) is 11.2. The van der Waals surface area contributed by atoms with Gasteiger partial charge in [0.25, 0.3) is 0 Å². The average Bonchev–Trinajstić information content (AvgIpc) is 2.38. The lowest BCUT2D eigenvalue weighted by atomic mass is 9.92. The molecule has 0 fully saturated rings. The van der Waals surface area contributed by atoms with Gasteiger partial charge in [-0.25, -0.2) is 4.79 Å². The van der Waals surface area contributed by atoms with E-state index in [1.54, 1.807) is 6.92 Å². The second-order valence-electron chi connectivity index (χ2n) is 7.01. The highest BCUT2D eigenvalue weighted by atomic mass is 16.6. The van der Waals surface area contributed by atoms with Crippen molar-refractivity contribution < 1.29 is 24.1 Å². The lowest BCUT2D eigenvalue weighted by molar-refractivity contribution is -0.149. The highest BCUT2D eigenvalue weighted by Crippen LogP contribution is 2.17. The number of rotatable bonds is 13. The quantitative estimate of drug-likeness (QED) is 0.393. The van der Waals surface area contributed by atoms with Crippen LogP contribution >= 0.6 is 0 Å². The van der Waals surface area contributed by atoms with Crippen LogP contribution in [0.25, 0.3) is 0 Å². The molecule has 0 saturated carbocycles. The van der Waals surface area contributed by atoms with Gasteiger partial charge >= 0.3 is 5.97 Å². The van der Waals surface area contributed by atoms with Gasteiger partial charge in [-0.1, -0.05) is 27.7 Å². The number of hydrogen-bond donors (Lipinski definition) is 2. The summed E-state index contributed by atoms with van der Waals surface area (Å²) in [5.74, 6) is -0.326. The van der Waals surface area contributed by atoms with E-state index in [2.05, 4.69) is 33.0 Å². The standard InChI is InChI=1S/C16H33NO5/c1-6-22-14(19)9-21-13-16(4,5)11-17-10-15(2,3)12-20-8-7-18/h17-18H,6-13H2,1-5H3. The van der Waals surface area contributed by atoms with Crippen molar-refractivity contribution in [2.24, 2.45) is 10.8 Å². The maximum absolute atomic E-state index is 11.2. The van der Waals surface area contributed by atoms with Crippen molar-refractivity contribution in [3.05, 3.63) is 0 Å². The van der Waals surface area contributed by atoms with Gasteiger partial charge in [-0.05, 0) is 6.92 Å². The molecule has 0 unspecified atom stereocenters. The number of nitrogens with one attached hydrogen (secondary N) is 1. The smallest absolute Gasteiger partial charge is 0.332 e. The third kappa shape index (κ3) is 11.9. The number of aliphatic hydroxyl groups excluding tert-OH is 1. The minimum Gasteiger partial charge on any atom is -0.464 e. The Balaban J connectivity index is 3.88. The third-order valence-electron chi connectivity index (χ3n) is 2.95. The first-order valence-electron chi connectivity index (χ1n) is 7.85. The van der Waals surface area contributed by atoms with E-state index in [0.29, 0.717) is 26.4 Å². The molecule has 0 aliphatic heterocycles. The van der Waals surface area contributed by atoms with E-state index in [9.17, 15) is 4.79 Å². The van der Waals surface area contributed by atoms with Crippen LogP contribution < -0.4 is 5.32 Å². The summed E-state index contributed by atoms with van der Waals surface area (Å²) >= 11 is 0. The van der Waals surface area contributed by atoms with Gasteiger partial charge in [-0.3, -0.25) is 0 Å². The molecule has 6 heteroatoms. The largest absolute Gasteiger partial charge is 0.464 e. The van der Waals surface area contributed by atoms with Gasteiger partial charge in [0.2, 0.25) is 0 Å². The Morgan fingerprint density at radius 1 is 1.05 bits per heavy atom. The third-order valence-corrected chi connectivity index (χ3v) is 2.95. The summed E-state index contributed by atoms with van der Waals surface area (Å²) < 4.78 is 15.6. The van der Waals surface area contributed by atoms with E-state index < -0.39 is 0 Å². The van der Waals surface area contributed by atoms with Gasteiger partial charge < -0.3 is 24.6 Å². The van der Waals surface area contributed by atoms with Crippen molar-refractivity contribution in [1.29, 1.82) is 0 Å². The lowest BCUT2D eigenvalue weighted by Gasteiger charge is -2.29. The van der Waals surface area contributed by atoms with E-state index >= 15 is 0 Å². The van der Waals surface area contributed by atoms with Crippen LogP contribution in [-0.4, -0.2) is 63.8 Å². The maximum Gasteiger partial charge on any atom is 0.332 e. The number of ether oxygens (including phenoxy) is 3. The van der Waals surface area contributed by atoms with Crippen molar-refractivity contribution in [2.75, 3.05) is 52.7 Å². The van der Waals surface area contributed by atoms with Gasteiger partial charge in [0.1, 0.15) is 6.61 Å². The Hall–Kier alpha value is -0.690. The second kappa shape index (κ2) is 10.9. The molecule has 0 aromatic carbocycles. The lowest BCUT2D eigenvalue weighted by Crippen LogP contribution is -2.40. The Bertz CT molecular complexity index is 305. The predicted octanol–water partition coefficient (Wildman–Crippen LogP) is 1.22. The zero-order valence-electron chi connectivity index (χ0n) is 14.7. The predicted molar refractivity (Wildman–Crippen MR) is 85.8 cm³/mol. The first-order valence-corrected chi connectivity index (χ1v) is 7.85. The molecule has 0 spiro atoms. The normalized spacial score (nSPS) is 12.5. The van der Waals surface area contributed by atoms with E-state index in [-0.39, 0.29) is 30.0 Å². The molecule has 0 aromatic rings. The molecule has 6 nitrogen and oxygen atoms in total. The number of esters is 1. The van der Waals surface area contributed by atoms with Crippen molar-refractivity contribution in [3.8, 4) is 0 Å². The first-order chi connectivity index (χ1) is 10.2. The van der Waals surface area contributed by atoms with Crippen LogP contribution in [-0.2, 0) is 19.0 Å². The summed E-state index contributed by atoms with van der Waals surface area (Å²) in [7, 11) is 0. The Morgan fingerprint density at radius 2 is 1.59 bits per heavy atom. The fourth-order valence-electron chi connectivity index (χ4n) is 1.87. The molecule has 0 heterocycles. The summed E-state index contributed by atoms with van der Waals surface area (Å²) in [6, 6.07) is 0. The zero-order valence-corrected chi connectivity index (χ0v) is 14.7. The van der Waals surface area contributed by atoms with E-state index in [1.807, 2.05) is 0 Å². The molecule has 0 saturated heterocycles. The molecule has 132 valence electrons. The van der Waals surface area contributed by atoms with Gasteiger partial charge in [-0.15, -0.1) is 0 Å². The topological polar surface area (TPSA) is 77.0 Å². The molecule has 0 bridgehead atoms. The second-order valence-corrected chi connectivity index (χ2v) is 7.01. The molecule has 0 radical (unpaired) electrons. The number of hydrogen-bond acceptors (Lipinski definition) is 6. The molecule has 0 amide bonds. The summed E-state index contributed by atoms with van der Waals surface area (Å²) in [5, 5.41) is 12.1. The molecule has 2 N–H and O–H groups in total. The van der Waals surface area contributed by atoms with Crippen LogP contribution in [0.2, 0.25) is 0 Å². The van der Waals surface area contributed by atoms with Crippen molar-refractivity contribution in [1.82, 2.24) is 5.32 Å². The Labute approximate surface area is 134 Å². The Kier molecular flexibility index (Phi) is 10.6. The number of aliphatic hydroxyl groups is 1. The SMILES string of the molecule is CCOC(=O)COCC(C)(C)CNCC(C)(C)COCCO. The zero-order chi connectivity index (χ0) is 17.1. The molecular formula is C16H33NO5. The van der Waals surface area contributed by atoms with Crippen LogP contribution in [0.5, 0.6) is 0 Å². The number of carbonyl (C=O) groups excluding carboxylic acids is 1. The summed E-state index contributed by atoms with van der Waals surface area (Å²) in [6.45, 7) is 13.6. The Morgan fingerprint density at radius 3 is 2.09 bits per heavy atom. The molecule has 0 aliphatic rings. The molecule has 0 aliphatic carbocycles. The fraction of sp³-hybridized carbons (Fsp3) is 0.938. The van der Waals surface area contributed by atoms with Gasteiger partial charge in [0, 0.05) is 23.9 Å². The van der Waals surface area contributed by atoms with E-state index in [1.165, 1.54) is 0 Å². The van der Waals surface area contributed by atoms with Crippen molar-refractivity contribution >= 4 is 5.97 Å². The van der Waals surface area contributed by atoms with Crippen LogP contribution in [0.4, 0.5) is 0 Å². The maximum atomic E-state index is 11.2. The van der Waals surface area contributed by atoms with E-state index in [0.717, 1.165) is 13.1 Å². The highest BCUT2D eigenvalue weighted by Gasteiger charge is 2.22. The van der Waals surface area contributed by atoms with Gasteiger partial charge in [0.05, 0.1) is 33.0 Å². The first kappa shape index (κ1) is 21.3. The minimum absolute atomic E-state index is 0.00222. The molecule has 0 rings (SSSR count). The fourth-order valence-corrected chi connectivity index (χ4v) is 1.87. The highest BCUT2D eigenvalue weighted by molar-refractivity contribution is 5.70. The van der Waals surface area contributed by atoms with Crippen molar-refractivity contribution in [2.45, 2.75) is 34.6 Å². The molecule has 22 heavy (non-hydrogen) atoms. The van der Waals surface area contributed by atoms with Gasteiger partial charge in [-0.2, -0.15) is 0 Å². The average molecular weight is 319 g/mol. The van der Waals surface area contributed by atoms with Crippen LogP contribution in [0.1, 0.15) is 34.6 Å². The summed E-state index contributed by atoms with van der Waals surface area (Å²) in [6.07, 6.45) is 0. The van der Waals surface area contributed by atoms with Crippen LogP contribution in [0, 0.1) is 10.8 Å². The molecular weight excluding hydrogens is 286 g/mol. The van der Waals surface area contributed by atoms with Gasteiger partial charge in [0.15, 0.2) is 0 Å². The molecule has 0 atom stereocenters. The number of carbonyl (C=O) groups is 1. The van der Waals surface area contributed by atoms with E-state index in [4.69, 9.17) is 19.3 Å². The minimum atomic E-state index is -0.326. The molecule has 0 aromatic heterocycles. The van der Waals surface area contributed by atoms with Crippen LogP contribution in [0.3, 0.4) is 0 Å². The summed E-state index contributed by atoms with van der Waals surface area (Å²) in [5.41, 5.74) is -0.0778. The van der Waals surface area contributed by atoms with Crippen LogP contribution in [0.15, 0.2) is 0 Å². The monoisotopic (exact) mass is 319 g/mol.